The molecule has 26 heavy (non-hydrogen) atoms. The highest BCUT2D eigenvalue weighted by atomic mass is 16.6. The summed E-state index contributed by atoms with van der Waals surface area (Å²) in [5.41, 5.74) is 0.553. The van der Waals surface area contributed by atoms with Crippen LogP contribution >= 0.6 is 0 Å². The SMILES string of the molecule is CC(Cn1ncc2ccccc2c1=O)Nc1cc(CO)ccc1[N+](=O)[O-]. The van der Waals surface area contributed by atoms with E-state index in [4.69, 9.17) is 0 Å². The molecule has 0 saturated heterocycles. The van der Waals surface area contributed by atoms with Gasteiger partial charge in [-0.2, -0.15) is 5.10 Å². The summed E-state index contributed by atoms with van der Waals surface area (Å²) in [6.45, 7) is 1.83. The lowest BCUT2D eigenvalue weighted by atomic mass is 10.1. The molecule has 8 heteroatoms. The van der Waals surface area contributed by atoms with Gasteiger partial charge >= 0.3 is 0 Å². The zero-order valence-corrected chi connectivity index (χ0v) is 14.1. The quantitative estimate of drug-likeness (QED) is 0.519. The van der Waals surface area contributed by atoms with Crippen molar-refractivity contribution in [3.8, 4) is 0 Å². The topological polar surface area (TPSA) is 110 Å². The molecule has 8 nitrogen and oxygen atoms in total. The van der Waals surface area contributed by atoms with Crippen molar-refractivity contribution in [2.75, 3.05) is 5.32 Å². The third-order valence-corrected chi connectivity index (χ3v) is 4.05. The molecule has 2 aromatic carbocycles. The van der Waals surface area contributed by atoms with Gasteiger partial charge in [0.25, 0.3) is 11.2 Å². The lowest BCUT2D eigenvalue weighted by Crippen LogP contribution is -2.31. The molecule has 3 rings (SSSR count). The summed E-state index contributed by atoms with van der Waals surface area (Å²) < 4.78 is 1.34. The second-order valence-corrected chi connectivity index (χ2v) is 6.03. The number of nitro benzene ring substituents is 1. The second-order valence-electron chi connectivity index (χ2n) is 6.03. The van der Waals surface area contributed by atoms with E-state index < -0.39 is 4.92 Å². The minimum absolute atomic E-state index is 0.0899. The zero-order chi connectivity index (χ0) is 18.7. The average molecular weight is 354 g/mol. The molecule has 0 aliphatic heterocycles. The van der Waals surface area contributed by atoms with Crippen LogP contribution in [0.5, 0.6) is 0 Å². The molecule has 0 saturated carbocycles. The Morgan fingerprint density at radius 1 is 1.31 bits per heavy atom. The summed E-state index contributed by atoms with van der Waals surface area (Å²) in [6.07, 6.45) is 1.62. The highest BCUT2D eigenvalue weighted by Gasteiger charge is 2.17. The summed E-state index contributed by atoms with van der Waals surface area (Å²) in [5, 5.41) is 29.0. The van der Waals surface area contributed by atoms with Crippen LogP contribution in [-0.4, -0.2) is 25.9 Å². The number of fused-ring (bicyclic) bond motifs is 1. The van der Waals surface area contributed by atoms with E-state index in [0.717, 1.165) is 5.39 Å². The number of aromatic nitrogens is 2. The minimum atomic E-state index is -0.489. The van der Waals surface area contributed by atoms with E-state index in [1.807, 2.05) is 12.1 Å². The lowest BCUT2D eigenvalue weighted by Gasteiger charge is -2.17. The molecular weight excluding hydrogens is 336 g/mol. The molecule has 1 aromatic heterocycles. The molecule has 0 aliphatic carbocycles. The van der Waals surface area contributed by atoms with E-state index in [1.54, 1.807) is 25.3 Å². The van der Waals surface area contributed by atoms with Gasteiger partial charge in [-0.05, 0) is 30.7 Å². The third kappa shape index (κ3) is 3.55. The van der Waals surface area contributed by atoms with Gasteiger partial charge in [0.05, 0.1) is 29.7 Å². The van der Waals surface area contributed by atoms with Crippen LogP contribution < -0.4 is 10.9 Å². The van der Waals surface area contributed by atoms with Gasteiger partial charge in [-0.15, -0.1) is 0 Å². The largest absolute Gasteiger partial charge is 0.392 e. The molecule has 2 N–H and O–H groups in total. The van der Waals surface area contributed by atoms with Gasteiger partial charge < -0.3 is 10.4 Å². The monoisotopic (exact) mass is 354 g/mol. The number of aliphatic hydroxyl groups is 1. The van der Waals surface area contributed by atoms with Gasteiger partial charge in [0.2, 0.25) is 0 Å². The predicted molar refractivity (Wildman–Crippen MR) is 98.1 cm³/mol. The molecule has 3 aromatic rings. The maximum absolute atomic E-state index is 12.5. The molecule has 1 unspecified atom stereocenters. The van der Waals surface area contributed by atoms with Gasteiger partial charge in [0.1, 0.15) is 5.69 Å². The van der Waals surface area contributed by atoms with Gasteiger partial charge in [-0.25, -0.2) is 4.68 Å². The summed E-state index contributed by atoms with van der Waals surface area (Å²) in [5.74, 6) is 0. The van der Waals surface area contributed by atoms with Crippen LogP contribution in [0.15, 0.2) is 53.5 Å². The second kappa shape index (κ2) is 7.32. The number of hydrogen-bond donors (Lipinski definition) is 2. The number of aliphatic hydroxyl groups excluding tert-OH is 1. The first-order valence-electron chi connectivity index (χ1n) is 8.09. The Hall–Kier alpha value is -3.26. The van der Waals surface area contributed by atoms with E-state index in [-0.39, 0.29) is 30.4 Å². The van der Waals surface area contributed by atoms with E-state index in [9.17, 15) is 20.0 Å². The number of nitrogens with zero attached hydrogens (tertiary/aromatic N) is 3. The summed E-state index contributed by atoms with van der Waals surface area (Å²) >= 11 is 0. The van der Waals surface area contributed by atoms with Crippen molar-refractivity contribution in [3.05, 3.63) is 74.7 Å². The van der Waals surface area contributed by atoms with Crippen molar-refractivity contribution in [3.63, 3.8) is 0 Å². The number of nitrogens with one attached hydrogen (secondary N) is 1. The third-order valence-electron chi connectivity index (χ3n) is 4.05. The highest BCUT2D eigenvalue weighted by molar-refractivity contribution is 5.80. The molecule has 0 aliphatic rings. The van der Waals surface area contributed by atoms with Crippen molar-refractivity contribution < 1.29 is 10.0 Å². The zero-order valence-electron chi connectivity index (χ0n) is 14.1. The summed E-state index contributed by atoms with van der Waals surface area (Å²) in [7, 11) is 0. The van der Waals surface area contributed by atoms with Crippen LogP contribution in [0.25, 0.3) is 10.8 Å². The van der Waals surface area contributed by atoms with Crippen LogP contribution in [0.1, 0.15) is 12.5 Å². The molecule has 0 amide bonds. The Bertz CT molecular complexity index is 1020. The minimum Gasteiger partial charge on any atom is -0.392 e. The van der Waals surface area contributed by atoms with Crippen LogP contribution in [-0.2, 0) is 13.2 Å². The van der Waals surface area contributed by atoms with Gasteiger partial charge in [-0.3, -0.25) is 14.9 Å². The van der Waals surface area contributed by atoms with Crippen molar-refractivity contribution in [1.82, 2.24) is 9.78 Å². The molecule has 0 bridgehead atoms. The van der Waals surface area contributed by atoms with Crippen LogP contribution in [0.4, 0.5) is 11.4 Å². The average Bonchev–Trinajstić information content (AvgIpc) is 2.64. The molecule has 0 fully saturated rings. The van der Waals surface area contributed by atoms with E-state index >= 15 is 0 Å². The first-order valence-corrected chi connectivity index (χ1v) is 8.09. The van der Waals surface area contributed by atoms with Crippen molar-refractivity contribution in [2.24, 2.45) is 0 Å². The highest BCUT2D eigenvalue weighted by Crippen LogP contribution is 2.26. The van der Waals surface area contributed by atoms with Crippen molar-refractivity contribution in [2.45, 2.75) is 26.1 Å². The first-order chi connectivity index (χ1) is 12.5. The van der Waals surface area contributed by atoms with Gasteiger partial charge in [0.15, 0.2) is 0 Å². The molecular formula is C18H18N4O4. The first kappa shape index (κ1) is 17.6. The Morgan fingerprint density at radius 3 is 2.81 bits per heavy atom. The van der Waals surface area contributed by atoms with Crippen LogP contribution in [0.3, 0.4) is 0 Å². The molecule has 0 radical (unpaired) electrons. The molecule has 1 heterocycles. The number of rotatable bonds is 6. The van der Waals surface area contributed by atoms with Gasteiger partial charge in [-0.1, -0.05) is 18.2 Å². The number of benzene rings is 2. The van der Waals surface area contributed by atoms with E-state index in [1.165, 1.54) is 22.9 Å². The van der Waals surface area contributed by atoms with Crippen LogP contribution in [0.2, 0.25) is 0 Å². The fraction of sp³-hybridized carbons (Fsp3) is 0.222. The Morgan fingerprint density at radius 2 is 2.08 bits per heavy atom. The molecule has 0 spiro atoms. The normalized spacial score (nSPS) is 12.1. The van der Waals surface area contributed by atoms with Gasteiger partial charge in [0, 0.05) is 17.5 Å². The summed E-state index contributed by atoms with van der Waals surface area (Å²) in [4.78, 5) is 23.2. The fourth-order valence-corrected chi connectivity index (χ4v) is 2.78. The summed E-state index contributed by atoms with van der Waals surface area (Å²) in [6, 6.07) is 11.3. The van der Waals surface area contributed by atoms with Crippen molar-refractivity contribution in [1.29, 1.82) is 0 Å². The molecule has 134 valence electrons. The Kier molecular flexibility index (Phi) is 4.94. The maximum Gasteiger partial charge on any atom is 0.292 e. The maximum atomic E-state index is 12.5. The van der Waals surface area contributed by atoms with Crippen LogP contribution in [0, 0.1) is 10.1 Å². The van der Waals surface area contributed by atoms with E-state index in [0.29, 0.717) is 16.6 Å². The standard InChI is InChI=1S/C18H18N4O4/c1-12(20-16-8-13(11-23)6-7-17(16)22(25)26)10-21-18(24)15-5-3-2-4-14(15)9-19-21/h2-9,12,20,23H,10-11H2,1H3. The number of hydrogen-bond acceptors (Lipinski definition) is 6. The Balaban J connectivity index is 1.86. The van der Waals surface area contributed by atoms with E-state index in [2.05, 4.69) is 10.4 Å². The number of anilines is 1. The molecule has 1 atom stereocenters. The lowest BCUT2D eigenvalue weighted by molar-refractivity contribution is -0.384. The predicted octanol–water partition coefficient (Wildman–Crippen LogP) is 2.30. The van der Waals surface area contributed by atoms with Crippen molar-refractivity contribution >= 4 is 22.1 Å². The Labute approximate surface area is 148 Å². The number of nitro groups is 1. The fourth-order valence-electron chi connectivity index (χ4n) is 2.78. The smallest absolute Gasteiger partial charge is 0.292 e.